The van der Waals surface area contributed by atoms with Gasteiger partial charge in [-0.15, -0.1) is 0 Å². The summed E-state index contributed by atoms with van der Waals surface area (Å²) in [4.78, 5) is 51.3. The second-order valence-corrected chi connectivity index (χ2v) is 7.20. The molecule has 1 amide bonds. The number of aliphatic hydroxyl groups is 1. The van der Waals surface area contributed by atoms with Crippen molar-refractivity contribution in [2.45, 2.75) is 71.0 Å². The number of nitrogens with zero attached hydrogens (tertiary/aromatic N) is 2. The van der Waals surface area contributed by atoms with E-state index in [1.54, 1.807) is 0 Å². The molecule has 172 valence electrons. The van der Waals surface area contributed by atoms with Crippen LogP contribution in [0.4, 0.5) is 15.0 Å². The molecule has 0 spiro atoms. The first-order chi connectivity index (χ1) is 14.5. The molecule has 2 N–H and O–H groups in total. The molecule has 2 rings (SSSR count). The molecule has 1 saturated heterocycles. The van der Waals surface area contributed by atoms with Gasteiger partial charge in [0.1, 0.15) is 0 Å². The van der Waals surface area contributed by atoms with E-state index in [0.29, 0.717) is 17.2 Å². The van der Waals surface area contributed by atoms with Crippen LogP contribution >= 0.6 is 0 Å². The maximum Gasteiger partial charge on any atom is 0.412 e. The van der Waals surface area contributed by atoms with Gasteiger partial charge in [0, 0.05) is 6.92 Å². The molecule has 0 radical (unpaired) electrons. The minimum absolute atomic E-state index is 0.120. The van der Waals surface area contributed by atoms with E-state index < -0.39 is 59.2 Å². The Hall–Kier alpha value is -2.86. The van der Waals surface area contributed by atoms with Gasteiger partial charge >= 0.3 is 17.8 Å². The van der Waals surface area contributed by atoms with Crippen LogP contribution in [0, 0.1) is 5.82 Å². The van der Waals surface area contributed by atoms with Crippen molar-refractivity contribution < 1.29 is 38.1 Å². The number of carbonyl (C=O) groups is 3. The van der Waals surface area contributed by atoms with Crippen LogP contribution in [0.3, 0.4) is 0 Å². The number of carbonyl (C=O) groups excluding carboxylic acids is 3. The van der Waals surface area contributed by atoms with E-state index in [9.17, 15) is 28.7 Å². The normalized spacial score (nSPS) is 25.2. The molecular formula is C19H26FN3O8. The predicted octanol–water partition coefficient (Wildman–Crippen LogP) is 1.29. The molecule has 1 aliphatic rings. The lowest BCUT2D eigenvalue weighted by molar-refractivity contribution is -0.170. The van der Waals surface area contributed by atoms with Gasteiger partial charge in [-0.3, -0.25) is 19.5 Å². The van der Waals surface area contributed by atoms with Gasteiger partial charge in [0.2, 0.25) is 5.60 Å². The lowest BCUT2D eigenvalue weighted by Crippen LogP contribution is -2.54. The van der Waals surface area contributed by atoms with Crippen molar-refractivity contribution in [1.29, 1.82) is 0 Å². The van der Waals surface area contributed by atoms with E-state index in [4.69, 9.17) is 14.2 Å². The van der Waals surface area contributed by atoms with Crippen molar-refractivity contribution in [3.8, 4) is 0 Å². The molecule has 1 aromatic rings. The summed E-state index contributed by atoms with van der Waals surface area (Å²) >= 11 is 0. The van der Waals surface area contributed by atoms with E-state index in [1.165, 1.54) is 6.92 Å². The van der Waals surface area contributed by atoms with E-state index >= 15 is 0 Å². The number of esters is 1. The summed E-state index contributed by atoms with van der Waals surface area (Å²) in [5.41, 5.74) is -3.58. The molecule has 4 atom stereocenters. The average Bonchev–Trinajstić information content (AvgIpc) is 2.93. The van der Waals surface area contributed by atoms with E-state index in [1.807, 2.05) is 12.2 Å². The topological polar surface area (TPSA) is 146 Å². The number of anilines is 1. The number of nitrogens with one attached hydrogen (secondary N) is 1. The van der Waals surface area contributed by atoms with Gasteiger partial charge in [0.05, 0.1) is 18.9 Å². The Kier molecular flexibility index (Phi) is 7.85. The quantitative estimate of drug-likeness (QED) is 0.448. The molecule has 0 saturated carbocycles. The van der Waals surface area contributed by atoms with E-state index in [-0.39, 0.29) is 6.61 Å². The number of Topliss-reactive ketones (excluding diaryl/α,β-unsaturated/α-hetero) is 1. The molecule has 11 nitrogen and oxygen atoms in total. The first-order valence-corrected chi connectivity index (χ1v) is 9.80. The largest absolute Gasteiger partial charge is 0.456 e. The van der Waals surface area contributed by atoms with Crippen LogP contribution in [0.25, 0.3) is 0 Å². The first-order valence-electron chi connectivity index (χ1n) is 9.80. The summed E-state index contributed by atoms with van der Waals surface area (Å²) in [6.45, 7) is 5.61. The molecule has 1 fully saturated rings. The molecule has 1 aliphatic heterocycles. The van der Waals surface area contributed by atoms with Gasteiger partial charge in [0.15, 0.2) is 29.8 Å². The summed E-state index contributed by atoms with van der Waals surface area (Å²) in [6, 6.07) is 0. The number of hydrogen-bond donors (Lipinski definition) is 2. The molecular weight excluding hydrogens is 417 g/mol. The second kappa shape index (κ2) is 9.96. The van der Waals surface area contributed by atoms with Crippen molar-refractivity contribution in [3.63, 3.8) is 0 Å². The van der Waals surface area contributed by atoms with E-state index in [0.717, 1.165) is 26.7 Å². The van der Waals surface area contributed by atoms with Crippen LogP contribution in [-0.4, -0.2) is 56.9 Å². The summed E-state index contributed by atoms with van der Waals surface area (Å²) < 4.78 is 30.5. The van der Waals surface area contributed by atoms with Crippen molar-refractivity contribution in [1.82, 2.24) is 9.55 Å². The fourth-order valence-corrected chi connectivity index (χ4v) is 3.24. The summed E-state index contributed by atoms with van der Waals surface area (Å²) in [7, 11) is 0. The average molecular weight is 443 g/mol. The maximum atomic E-state index is 14.5. The van der Waals surface area contributed by atoms with Crippen molar-refractivity contribution >= 4 is 23.7 Å². The summed E-state index contributed by atoms with van der Waals surface area (Å²) in [5.74, 6) is -3.47. The lowest BCUT2D eigenvalue weighted by atomic mass is 9.90. The third-order valence-corrected chi connectivity index (χ3v) is 4.80. The van der Waals surface area contributed by atoms with Crippen LogP contribution < -0.4 is 11.0 Å². The highest BCUT2D eigenvalue weighted by Crippen LogP contribution is 2.40. The number of ketones is 1. The minimum atomic E-state index is -2.46. The monoisotopic (exact) mass is 443 g/mol. The molecule has 1 aromatic heterocycles. The van der Waals surface area contributed by atoms with Crippen LogP contribution in [0.15, 0.2) is 11.0 Å². The van der Waals surface area contributed by atoms with Gasteiger partial charge in [-0.05, 0) is 20.3 Å². The lowest BCUT2D eigenvalue weighted by Gasteiger charge is -2.30. The SMILES string of the molecule is CCCCCOC(=O)Nc1nc(=O)n([C@@H]2O[C@H](C)[C@@H](OC(C)=O)[C@]2(O)C(C)=O)cc1F. The Morgan fingerprint density at radius 3 is 2.61 bits per heavy atom. The fourth-order valence-electron chi connectivity index (χ4n) is 3.24. The van der Waals surface area contributed by atoms with Crippen LogP contribution in [0.5, 0.6) is 0 Å². The molecule has 31 heavy (non-hydrogen) atoms. The molecule has 0 bridgehead atoms. The predicted molar refractivity (Wildman–Crippen MR) is 104 cm³/mol. The van der Waals surface area contributed by atoms with Gasteiger partial charge in [-0.2, -0.15) is 4.98 Å². The molecule has 2 heterocycles. The standard InChI is InChI=1S/C19H26FN3O8/c1-5-6-7-8-29-18(27)22-15-13(20)9-23(17(26)21-15)16-19(28,11(3)24)14(10(2)30-16)31-12(4)25/h9-10,14,16,28H,5-8H2,1-4H3,(H,21,22,26,27)/t10-,14-,16-,19-/m1/s1. The highest BCUT2D eigenvalue weighted by atomic mass is 19.1. The Morgan fingerprint density at radius 2 is 2.03 bits per heavy atom. The Bertz CT molecular complexity index is 905. The van der Waals surface area contributed by atoms with Gasteiger partial charge in [-0.25, -0.2) is 14.0 Å². The Labute approximate surface area is 177 Å². The van der Waals surface area contributed by atoms with Crippen LogP contribution in [-0.2, 0) is 23.8 Å². The van der Waals surface area contributed by atoms with Crippen molar-refractivity contribution in [3.05, 3.63) is 22.5 Å². The number of halogens is 1. The number of aromatic nitrogens is 2. The first kappa shape index (κ1) is 24.4. The second-order valence-electron chi connectivity index (χ2n) is 7.20. The third-order valence-electron chi connectivity index (χ3n) is 4.80. The number of amides is 1. The highest BCUT2D eigenvalue weighted by Gasteiger charge is 2.61. The van der Waals surface area contributed by atoms with E-state index in [2.05, 4.69) is 4.98 Å². The smallest absolute Gasteiger partial charge is 0.412 e. The number of hydrogen-bond acceptors (Lipinski definition) is 9. The summed E-state index contributed by atoms with van der Waals surface area (Å²) in [5, 5.41) is 13.0. The summed E-state index contributed by atoms with van der Waals surface area (Å²) in [6.07, 6.45) is -2.09. The maximum absolute atomic E-state index is 14.5. The zero-order chi connectivity index (χ0) is 23.3. The fraction of sp³-hybridized carbons (Fsp3) is 0.632. The molecule has 0 aromatic carbocycles. The Balaban J connectivity index is 2.29. The minimum Gasteiger partial charge on any atom is -0.456 e. The highest BCUT2D eigenvalue weighted by molar-refractivity contribution is 5.87. The zero-order valence-corrected chi connectivity index (χ0v) is 17.7. The van der Waals surface area contributed by atoms with Gasteiger partial charge in [-0.1, -0.05) is 19.8 Å². The van der Waals surface area contributed by atoms with Gasteiger partial charge in [0.25, 0.3) is 0 Å². The van der Waals surface area contributed by atoms with Crippen molar-refractivity contribution in [2.24, 2.45) is 0 Å². The molecule has 12 heteroatoms. The van der Waals surface area contributed by atoms with Crippen molar-refractivity contribution in [2.75, 3.05) is 11.9 Å². The number of unbranched alkanes of at least 4 members (excludes halogenated alkanes) is 2. The van der Waals surface area contributed by atoms with Crippen LogP contribution in [0.2, 0.25) is 0 Å². The van der Waals surface area contributed by atoms with Gasteiger partial charge < -0.3 is 19.3 Å². The molecule has 0 aliphatic carbocycles. The molecule has 0 unspecified atom stereocenters. The number of ether oxygens (including phenoxy) is 3. The van der Waals surface area contributed by atoms with Crippen LogP contribution in [0.1, 0.15) is 53.2 Å². The zero-order valence-electron chi connectivity index (χ0n) is 17.7. The Morgan fingerprint density at radius 1 is 1.35 bits per heavy atom. The number of rotatable bonds is 8. The third kappa shape index (κ3) is 5.25.